The van der Waals surface area contributed by atoms with Crippen molar-refractivity contribution >= 4 is 22.0 Å². The van der Waals surface area contributed by atoms with Crippen LogP contribution < -0.4 is 11.2 Å². The van der Waals surface area contributed by atoms with Gasteiger partial charge in [0.15, 0.2) is 5.65 Å². The number of nitrogens with zero attached hydrogens (tertiary/aromatic N) is 4. The maximum absolute atomic E-state index is 12.6. The van der Waals surface area contributed by atoms with Gasteiger partial charge in [0.1, 0.15) is 17.3 Å². The normalized spacial score (nSPS) is 11.4. The average molecular weight is 322 g/mol. The third-order valence-corrected chi connectivity index (χ3v) is 4.04. The molecule has 0 aliphatic heterocycles. The first-order chi connectivity index (χ1) is 11.5. The molecule has 7 nitrogen and oxygen atoms in total. The summed E-state index contributed by atoms with van der Waals surface area (Å²) in [5, 5.41) is 5.31. The Balaban J connectivity index is 1.89. The average Bonchev–Trinajstić information content (AvgIpc) is 2.91. The number of hydrogen-bond donors (Lipinski definition) is 0. The lowest BCUT2D eigenvalue weighted by molar-refractivity contribution is 0.557. The van der Waals surface area contributed by atoms with Crippen LogP contribution in [0.1, 0.15) is 11.1 Å². The van der Waals surface area contributed by atoms with E-state index in [1.165, 1.54) is 23.2 Å². The van der Waals surface area contributed by atoms with E-state index in [9.17, 15) is 9.59 Å². The molecule has 3 aromatic heterocycles. The van der Waals surface area contributed by atoms with E-state index in [1.54, 1.807) is 11.7 Å². The summed E-state index contributed by atoms with van der Waals surface area (Å²) in [4.78, 5) is 28.7. The monoisotopic (exact) mass is 322 g/mol. The molecule has 0 unspecified atom stereocenters. The van der Waals surface area contributed by atoms with Crippen LogP contribution in [-0.2, 0) is 13.6 Å². The number of benzene rings is 1. The Labute approximate surface area is 135 Å². The molecular formula is C17H14N4O3. The van der Waals surface area contributed by atoms with Crippen molar-refractivity contribution in [2.45, 2.75) is 13.5 Å². The molecule has 120 valence electrons. The third kappa shape index (κ3) is 2.21. The maximum Gasteiger partial charge on any atom is 0.336 e. The number of hydrogen-bond acceptors (Lipinski definition) is 5. The molecule has 0 amide bonds. The first kappa shape index (κ1) is 14.4. The molecule has 4 rings (SSSR count). The van der Waals surface area contributed by atoms with Crippen LogP contribution in [0, 0.1) is 6.92 Å². The van der Waals surface area contributed by atoms with Crippen molar-refractivity contribution < 1.29 is 4.42 Å². The highest BCUT2D eigenvalue weighted by molar-refractivity contribution is 5.81. The topological polar surface area (TPSA) is 82.9 Å². The first-order valence-corrected chi connectivity index (χ1v) is 7.43. The highest BCUT2D eigenvalue weighted by Gasteiger charge is 2.11. The third-order valence-electron chi connectivity index (χ3n) is 4.04. The molecule has 0 bridgehead atoms. The van der Waals surface area contributed by atoms with Crippen molar-refractivity contribution in [1.29, 1.82) is 0 Å². The van der Waals surface area contributed by atoms with Gasteiger partial charge >= 0.3 is 5.63 Å². The van der Waals surface area contributed by atoms with Gasteiger partial charge in [-0.05, 0) is 24.1 Å². The number of rotatable bonds is 2. The zero-order chi connectivity index (χ0) is 16.8. The van der Waals surface area contributed by atoms with Gasteiger partial charge in [0.2, 0.25) is 0 Å². The lowest BCUT2D eigenvalue weighted by Gasteiger charge is -2.08. The molecule has 0 aliphatic carbocycles. The van der Waals surface area contributed by atoms with Crippen LogP contribution in [0.2, 0.25) is 0 Å². The zero-order valence-corrected chi connectivity index (χ0v) is 13.2. The van der Waals surface area contributed by atoms with Crippen molar-refractivity contribution in [2.24, 2.45) is 7.05 Å². The summed E-state index contributed by atoms with van der Waals surface area (Å²) < 4.78 is 8.28. The van der Waals surface area contributed by atoms with Crippen LogP contribution in [-0.4, -0.2) is 19.3 Å². The van der Waals surface area contributed by atoms with E-state index in [1.807, 2.05) is 25.1 Å². The number of fused-ring (bicyclic) bond motifs is 2. The van der Waals surface area contributed by atoms with Crippen molar-refractivity contribution in [3.05, 3.63) is 68.7 Å². The Morgan fingerprint density at radius 1 is 1.17 bits per heavy atom. The minimum absolute atomic E-state index is 0.193. The molecule has 1 aromatic carbocycles. The van der Waals surface area contributed by atoms with Crippen molar-refractivity contribution in [2.75, 3.05) is 0 Å². The van der Waals surface area contributed by atoms with Crippen LogP contribution in [0.3, 0.4) is 0 Å². The Kier molecular flexibility index (Phi) is 3.09. The Bertz CT molecular complexity index is 1200. The van der Waals surface area contributed by atoms with Crippen molar-refractivity contribution in [3.8, 4) is 0 Å². The molecule has 3 heterocycles. The fraction of sp³-hybridized carbons (Fsp3) is 0.176. The van der Waals surface area contributed by atoms with Crippen LogP contribution >= 0.6 is 0 Å². The summed E-state index contributed by atoms with van der Waals surface area (Å²) >= 11 is 0. The van der Waals surface area contributed by atoms with Crippen molar-refractivity contribution in [3.63, 3.8) is 0 Å². The molecular weight excluding hydrogens is 308 g/mol. The van der Waals surface area contributed by atoms with Gasteiger partial charge in [0, 0.05) is 18.5 Å². The maximum atomic E-state index is 12.6. The van der Waals surface area contributed by atoms with Crippen LogP contribution in [0.15, 0.2) is 50.8 Å². The summed E-state index contributed by atoms with van der Waals surface area (Å²) in [7, 11) is 1.73. The summed E-state index contributed by atoms with van der Waals surface area (Å²) in [6, 6.07) is 7.06. The largest absolute Gasteiger partial charge is 0.423 e. The Morgan fingerprint density at radius 3 is 2.83 bits per heavy atom. The fourth-order valence-corrected chi connectivity index (χ4v) is 2.83. The van der Waals surface area contributed by atoms with E-state index in [4.69, 9.17) is 4.42 Å². The Hall–Kier alpha value is -3.22. The van der Waals surface area contributed by atoms with Gasteiger partial charge in [-0.1, -0.05) is 12.1 Å². The summed E-state index contributed by atoms with van der Waals surface area (Å²) in [5.41, 5.74) is 2.13. The standard InChI is InChI=1S/C17H14N4O3/c1-10-3-4-12-11(6-15(22)24-14(12)5-10)8-21-9-18-16-13(17(21)23)7-19-20(16)2/h3-7,9H,8H2,1-2H3. The van der Waals surface area contributed by atoms with Crippen molar-refractivity contribution in [1.82, 2.24) is 19.3 Å². The molecule has 4 aromatic rings. The van der Waals surface area contributed by atoms with Gasteiger partial charge in [-0.3, -0.25) is 14.0 Å². The highest BCUT2D eigenvalue weighted by atomic mass is 16.4. The molecule has 0 saturated carbocycles. The van der Waals surface area contributed by atoms with Gasteiger partial charge in [-0.25, -0.2) is 9.78 Å². The highest BCUT2D eigenvalue weighted by Crippen LogP contribution is 2.19. The van der Waals surface area contributed by atoms with Crippen LogP contribution in [0.25, 0.3) is 22.0 Å². The van der Waals surface area contributed by atoms with E-state index in [2.05, 4.69) is 10.1 Å². The molecule has 0 saturated heterocycles. The minimum atomic E-state index is -0.438. The quantitative estimate of drug-likeness (QED) is 0.523. The predicted octanol–water partition coefficient (Wildman–Crippen LogP) is 1.59. The fourth-order valence-electron chi connectivity index (χ4n) is 2.83. The molecule has 0 radical (unpaired) electrons. The minimum Gasteiger partial charge on any atom is -0.423 e. The van der Waals surface area contributed by atoms with Gasteiger partial charge < -0.3 is 4.42 Å². The van der Waals surface area contributed by atoms with Crippen LogP contribution in [0.4, 0.5) is 0 Å². The zero-order valence-electron chi connectivity index (χ0n) is 13.2. The Morgan fingerprint density at radius 2 is 2.00 bits per heavy atom. The molecule has 0 atom stereocenters. The van der Waals surface area contributed by atoms with Gasteiger partial charge in [0.05, 0.1) is 12.7 Å². The van der Waals surface area contributed by atoms with Gasteiger partial charge in [0.25, 0.3) is 5.56 Å². The summed E-state index contributed by atoms with van der Waals surface area (Å²) in [6.07, 6.45) is 2.98. The number of aryl methyl sites for hydroxylation is 2. The SMILES string of the molecule is Cc1ccc2c(Cn3cnc4c(cnn4C)c3=O)cc(=O)oc2c1. The molecule has 0 aliphatic rings. The lowest BCUT2D eigenvalue weighted by atomic mass is 10.1. The second kappa shape index (κ2) is 5.16. The van der Waals surface area contributed by atoms with Gasteiger partial charge in [-0.2, -0.15) is 5.10 Å². The molecule has 24 heavy (non-hydrogen) atoms. The van der Waals surface area contributed by atoms with Gasteiger partial charge in [-0.15, -0.1) is 0 Å². The smallest absolute Gasteiger partial charge is 0.336 e. The van der Waals surface area contributed by atoms with E-state index in [0.717, 1.165) is 10.9 Å². The predicted molar refractivity (Wildman–Crippen MR) is 89.1 cm³/mol. The van der Waals surface area contributed by atoms with E-state index in [0.29, 0.717) is 22.2 Å². The van der Waals surface area contributed by atoms with Crippen LogP contribution in [0.5, 0.6) is 0 Å². The van der Waals surface area contributed by atoms with E-state index >= 15 is 0 Å². The van der Waals surface area contributed by atoms with E-state index in [-0.39, 0.29) is 12.1 Å². The molecule has 0 spiro atoms. The molecule has 0 fully saturated rings. The van der Waals surface area contributed by atoms with E-state index < -0.39 is 5.63 Å². The summed E-state index contributed by atoms with van der Waals surface area (Å²) in [5.74, 6) is 0. The first-order valence-electron chi connectivity index (χ1n) is 7.43. The number of aromatic nitrogens is 4. The lowest BCUT2D eigenvalue weighted by Crippen LogP contribution is -2.21. The summed E-state index contributed by atoms with van der Waals surface area (Å²) in [6.45, 7) is 2.17. The second-order valence-corrected chi connectivity index (χ2v) is 5.77. The molecule has 7 heteroatoms. The second-order valence-electron chi connectivity index (χ2n) is 5.77. The molecule has 0 N–H and O–H groups in total.